The van der Waals surface area contributed by atoms with Crippen LogP contribution in [-0.2, 0) is 11.3 Å². The number of aliphatic imine (C=N–C) groups is 1. The van der Waals surface area contributed by atoms with Gasteiger partial charge in [-0.3, -0.25) is 4.90 Å². The number of nitrogens with one attached hydrogen (secondary N) is 2. The van der Waals surface area contributed by atoms with E-state index < -0.39 is 0 Å². The summed E-state index contributed by atoms with van der Waals surface area (Å²) in [5, 5.41) is 6.75. The first-order chi connectivity index (χ1) is 13.2. The summed E-state index contributed by atoms with van der Waals surface area (Å²) in [6.07, 6.45) is 1.10. The molecule has 2 rings (SSSR count). The van der Waals surface area contributed by atoms with Crippen LogP contribution in [0.2, 0.25) is 0 Å². The fourth-order valence-electron chi connectivity index (χ4n) is 2.84. The Morgan fingerprint density at radius 3 is 2.81 bits per heavy atom. The van der Waals surface area contributed by atoms with E-state index in [1.54, 1.807) is 0 Å². The molecule has 1 aromatic carbocycles. The zero-order chi connectivity index (χ0) is 19.3. The van der Waals surface area contributed by atoms with Gasteiger partial charge in [0.2, 0.25) is 0 Å². The van der Waals surface area contributed by atoms with Gasteiger partial charge in [0.15, 0.2) is 5.96 Å². The highest BCUT2D eigenvalue weighted by atomic mass is 16.5. The summed E-state index contributed by atoms with van der Waals surface area (Å²) in [6, 6.07) is 8.20. The fraction of sp³-hybridized carbons (Fsp3) is 0.667. The summed E-state index contributed by atoms with van der Waals surface area (Å²) in [4.78, 5) is 7.17. The Balaban J connectivity index is 1.77. The lowest BCUT2D eigenvalue weighted by molar-refractivity contribution is 0.0376. The molecule has 0 saturated carbocycles. The van der Waals surface area contributed by atoms with Crippen molar-refractivity contribution in [2.75, 3.05) is 52.5 Å². The highest BCUT2D eigenvalue weighted by Gasteiger charge is 2.09. The Hall–Kier alpha value is -1.79. The van der Waals surface area contributed by atoms with E-state index in [9.17, 15) is 0 Å². The van der Waals surface area contributed by atoms with Crippen molar-refractivity contribution in [3.63, 3.8) is 0 Å². The second-order valence-corrected chi connectivity index (χ2v) is 7.28. The first kappa shape index (κ1) is 21.5. The van der Waals surface area contributed by atoms with Gasteiger partial charge in [-0.2, -0.15) is 0 Å². The van der Waals surface area contributed by atoms with Crippen LogP contribution in [0.15, 0.2) is 29.3 Å². The van der Waals surface area contributed by atoms with Crippen LogP contribution in [0.5, 0.6) is 5.75 Å². The standard InChI is InChI=1S/C21H36N4O2/c1-4-22-21(23-9-6-10-25-11-13-26-14-12-25)24-16-19-7-5-8-20(15-19)27-17-18(2)3/h5,7-8,15,18H,4,6,9-14,16-17H2,1-3H3,(H2,22,23,24). The largest absolute Gasteiger partial charge is 0.493 e. The molecule has 0 unspecified atom stereocenters. The number of hydrogen-bond donors (Lipinski definition) is 2. The second-order valence-electron chi connectivity index (χ2n) is 7.28. The average Bonchev–Trinajstić information content (AvgIpc) is 2.69. The lowest BCUT2D eigenvalue weighted by Gasteiger charge is -2.26. The number of nitrogens with zero attached hydrogens (tertiary/aromatic N) is 2. The van der Waals surface area contributed by atoms with Gasteiger partial charge in [-0.05, 0) is 43.5 Å². The maximum Gasteiger partial charge on any atom is 0.191 e. The van der Waals surface area contributed by atoms with Crippen LogP contribution >= 0.6 is 0 Å². The molecule has 1 aromatic rings. The zero-order valence-electron chi connectivity index (χ0n) is 17.2. The topological polar surface area (TPSA) is 58.1 Å². The van der Waals surface area contributed by atoms with Crippen molar-refractivity contribution >= 4 is 5.96 Å². The van der Waals surface area contributed by atoms with E-state index in [1.165, 1.54) is 0 Å². The molecule has 27 heavy (non-hydrogen) atoms. The molecule has 1 aliphatic heterocycles. The predicted molar refractivity (Wildman–Crippen MR) is 111 cm³/mol. The van der Waals surface area contributed by atoms with Crippen molar-refractivity contribution < 1.29 is 9.47 Å². The van der Waals surface area contributed by atoms with Gasteiger partial charge in [-0.15, -0.1) is 0 Å². The SMILES string of the molecule is CCNC(=NCc1cccc(OCC(C)C)c1)NCCCN1CCOCC1. The Morgan fingerprint density at radius 2 is 2.07 bits per heavy atom. The first-order valence-electron chi connectivity index (χ1n) is 10.2. The van der Waals surface area contributed by atoms with Crippen LogP contribution in [0.3, 0.4) is 0 Å². The predicted octanol–water partition coefficient (Wildman–Crippen LogP) is 2.50. The smallest absolute Gasteiger partial charge is 0.191 e. The van der Waals surface area contributed by atoms with Crippen molar-refractivity contribution in [1.82, 2.24) is 15.5 Å². The minimum atomic E-state index is 0.522. The van der Waals surface area contributed by atoms with Crippen LogP contribution in [0.4, 0.5) is 0 Å². The van der Waals surface area contributed by atoms with Crippen molar-refractivity contribution in [2.24, 2.45) is 10.9 Å². The Bertz CT molecular complexity index is 557. The number of rotatable bonds is 10. The van der Waals surface area contributed by atoms with E-state index in [4.69, 9.17) is 14.5 Å². The number of benzene rings is 1. The molecule has 0 atom stereocenters. The molecule has 2 N–H and O–H groups in total. The summed E-state index contributed by atoms with van der Waals surface area (Å²) >= 11 is 0. The van der Waals surface area contributed by atoms with Crippen LogP contribution in [0, 0.1) is 5.92 Å². The van der Waals surface area contributed by atoms with Crippen molar-refractivity contribution in [3.8, 4) is 5.75 Å². The number of morpholine rings is 1. The van der Waals surface area contributed by atoms with E-state index in [0.29, 0.717) is 12.5 Å². The maximum absolute atomic E-state index is 5.81. The molecule has 0 aliphatic carbocycles. The van der Waals surface area contributed by atoms with Crippen molar-refractivity contribution in [3.05, 3.63) is 29.8 Å². The van der Waals surface area contributed by atoms with Gasteiger partial charge in [0.05, 0.1) is 26.4 Å². The molecular weight excluding hydrogens is 340 g/mol. The van der Waals surface area contributed by atoms with Crippen molar-refractivity contribution in [1.29, 1.82) is 0 Å². The quantitative estimate of drug-likeness (QED) is 0.373. The molecule has 1 fully saturated rings. The molecule has 1 aliphatic rings. The van der Waals surface area contributed by atoms with Gasteiger partial charge in [0, 0.05) is 26.2 Å². The Kier molecular flexibility index (Phi) is 10.0. The van der Waals surface area contributed by atoms with Gasteiger partial charge >= 0.3 is 0 Å². The molecule has 1 saturated heterocycles. The van der Waals surface area contributed by atoms with Gasteiger partial charge in [0.25, 0.3) is 0 Å². The molecule has 152 valence electrons. The molecule has 0 bridgehead atoms. The molecule has 1 heterocycles. The first-order valence-corrected chi connectivity index (χ1v) is 10.2. The Morgan fingerprint density at radius 1 is 1.26 bits per heavy atom. The van der Waals surface area contributed by atoms with Crippen LogP contribution < -0.4 is 15.4 Å². The molecule has 0 spiro atoms. The third-order valence-electron chi connectivity index (χ3n) is 4.29. The molecule has 0 amide bonds. The molecule has 6 heteroatoms. The third-order valence-corrected chi connectivity index (χ3v) is 4.29. The second kappa shape index (κ2) is 12.6. The van der Waals surface area contributed by atoms with E-state index >= 15 is 0 Å². The summed E-state index contributed by atoms with van der Waals surface area (Å²) in [7, 11) is 0. The van der Waals surface area contributed by atoms with Gasteiger partial charge in [0.1, 0.15) is 5.75 Å². The van der Waals surface area contributed by atoms with Gasteiger partial charge in [-0.1, -0.05) is 26.0 Å². The van der Waals surface area contributed by atoms with E-state index in [2.05, 4.69) is 48.4 Å². The summed E-state index contributed by atoms with van der Waals surface area (Å²) in [5.41, 5.74) is 1.15. The van der Waals surface area contributed by atoms with Gasteiger partial charge < -0.3 is 20.1 Å². The van der Waals surface area contributed by atoms with Crippen LogP contribution in [0.25, 0.3) is 0 Å². The van der Waals surface area contributed by atoms with Crippen molar-refractivity contribution in [2.45, 2.75) is 33.7 Å². The van der Waals surface area contributed by atoms with E-state index in [-0.39, 0.29) is 0 Å². The van der Waals surface area contributed by atoms with Gasteiger partial charge in [-0.25, -0.2) is 4.99 Å². The fourth-order valence-corrected chi connectivity index (χ4v) is 2.84. The maximum atomic E-state index is 5.81. The highest BCUT2D eigenvalue weighted by Crippen LogP contribution is 2.15. The van der Waals surface area contributed by atoms with E-state index in [1.807, 2.05) is 12.1 Å². The van der Waals surface area contributed by atoms with Crippen LogP contribution in [-0.4, -0.2) is 63.4 Å². The van der Waals surface area contributed by atoms with E-state index in [0.717, 1.165) is 76.2 Å². The lowest BCUT2D eigenvalue weighted by atomic mass is 10.2. The zero-order valence-corrected chi connectivity index (χ0v) is 17.2. The number of hydrogen-bond acceptors (Lipinski definition) is 4. The molecule has 0 radical (unpaired) electrons. The lowest BCUT2D eigenvalue weighted by Crippen LogP contribution is -2.40. The minimum Gasteiger partial charge on any atom is -0.493 e. The number of guanidine groups is 1. The monoisotopic (exact) mass is 376 g/mol. The Labute approximate surface area is 164 Å². The van der Waals surface area contributed by atoms with Crippen LogP contribution in [0.1, 0.15) is 32.8 Å². The normalized spacial score (nSPS) is 15.8. The molecule has 6 nitrogen and oxygen atoms in total. The summed E-state index contributed by atoms with van der Waals surface area (Å²) in [5.74, 6) is 2.31. The highest BCUT2D eigenvalue weighted by molar-refractivity contribution is 5.79. The summed E-state index contributed by atoms with van der Waals surface area (Å²) < 4.78 is 11.2. The number of ether oxygens (including phenoxy) is 2. The average molecular weight is 377 g/mol. The third kappa shape index (κ3) is 9.11. The molecule has 0 aromatic heterocycles. The summed E-state index contributed by atoms with van der Waals surface area (Å²) in [6.45, 7) is 14.5. The minimum absolute atomic E-state index is 0.522. The molecular formula is C21H36N4O2.